The fourth-order valence-electron chi connectivity index (χ4n) is 2.93. The van der Waals surface area contributed by atoms with Gasteiger partial charge in [0.25, 0.3) is 0 Å². The van der Waals surface area contributed by atoms with E-state index in [0.29, 0.717) is 35.9 Å². The Hall–Kier alpha value is -0.910. The lowest BCUT2D eigenvalue weighted by Gasteiger charge is -2.31. The van der Waals surface area contributed by atoms with Crippen LogP contribution in [0.25, 0.3) is 0 Å². The molecule has 5 heteroatoms. The van der Waals surface area contributed by atoms with Crippen molar-refractivity contribution in [3.8, 4) is 0 Å². The first kappa shape index (κ1) is 16.5. The van der Waals surface area contributed by atoms with Crippen LogP contribution in [0.3, 0.4) is 0 Å². The predicted octanol–water partition coefficient (Wildman–Crippen LogP) is 2.55. The molecule has 0 aliphatic carbocycles. The minimum absolute atomic E-state index is 0.135. The van der Waals surface area contributed by atoms with Crippen LogP contribution in [0, 0.1) is 5.92 Å². The third kappa shape index (κ3) is 3.47. The number of aryl methyl sites for hydroxylation is 1. The van der Waals surface area contributed by atoms with E-state index in [9.17, 15) is 13.5 Å². The molecule has 0 saturated carbocycles. The zero-order chi connectivity index (χ0) is 15.5. The van der Waals surface area contributed by atoms with Crippen molar-refractivity contribution in [3.05, 3.63) is 29.3 Å². The maximum absolute atomic E-state index is 12.9. The molecule has 4 nitrogen and oxygen atoms in total. The molecule has 0 atom stereocenters. The fraction of sp³-hybridized carbons (Fsp3) is 0.625. The maximum Gasteiger partial charge on any atom is 0.243 e. The van der Waals surface area contributed by atoms with E-state index in [1.165, 1.54) is 0 Å². The summed E-state index contributed by atoms with van der Waals surface area (Å²) >= 11 is 0. The van der Waals surface area contributed by atoms with Crippen LogP contribution in [0.15, 0.2) is 23.1 Å². The van der Waals surface area contributed by atoms with Crippen molar-refractivity contribution < 1.29 is 13.5 Å². The van der Waals surface area contributed by atoms with Gasteiger partial charge in [-0.05, 0) is 42.4 Å². The van der Waals surface area contributed by atoms with Crippen LogP contribution < -0.4 is 0 Å². The average molecular weight is 311 g/mol. The molecule has 21 heavy (non-hydrogen) atoms. The minimum Gasteiger partial charge on any atom is -0.392 e. The zero-order valence-corrected chi connectivity index (χ0v) is 13.7. The van der Waals surface area contributed by atoms with Gasteiger partial charge in [0.1, 0.15) is 0 Å². The first-order valence-electron chi connectivity index (χ1n) is 7.75. The monoisotopic (exact) mass is 311 g/mol. The van der Waals surface area contributed by atoms with E-state index in [1.54, 1.807) is 16.4 Å². The highest BCUT2D eigenvalue weighted by Gasteiger charge is 2.30. The summed E-state index contributed by atoms with van der Waals surface area (Å²) in [5, 5.41) is 9.26. The standard InChI is InChI=1S/C16H25NO3S/c1-3-13-7-9-17(10-8-13)21(19,20)16-11-14(12-18)5-6-15(16)4-2/h5-6,11,13,18H,3-4,7-10,12H2,1-2H3. The largest absolute Gasteiger partial charge is 0.392 e. The van der Waals surface area contributed by atoms with Crippen molar-refractivity contribution in [2.75, 3.05) is 13.1 Å². The van der Waals surface area contributed by atoms with Gasteiger partial charge in [0.2, 0.25) is 10.0 Å². The van der Waals surface area contributed by atoms with Gasteiger partial charge < -0.3 is 5.11 Å². The van der Waals surface area contributed by atoms with Gasteiger partial charge in [-0.3, -0.25) is 0 Å². The molecule has 0 amide bonds. The molecular formula is C16H25NO3S. The molecule has 0 aromatic heterocycles. The summed E-state index contributed by atoms with van der Waals surface area (Å²) in [6.07, 6.45) is 3.67. The lowest BCUT2D eigenvalue weighted by atomic mass is 9.96. The van der Waals surface area contributed by atoms with Crippen LogP contribution in [0.4, 0.5) is 0 Å². The Kier molecular flexibility index (Phi) is 5.41. The Morgan fingerprint density at radius 2 is 1.90 bits per heavy atom. The SMILES string of the molecule is CCc1ccc(CO)cc1S(=O)(=O)N1CCC(CC)CC1. The summed E-state index contributed by atoms with van der Waals surface area (Å²) in [6, 6.07) is 5.23. The average Bonchev–Trinajstić information content (AvgIpc) is 2.54. The zero-order valence-electron chi connectivity index (χ0n) is 12.9. The topological polar surface area (TPSA) is 57.6 Å². The van der Waals surface area contributed by atoms with E-state index >= 15 is 0 Å². The summed E-state index contributed by atoms with van der Waals surface area (Å²) in [4.78, 5) is 0.367. The van der Waals surface area contributed by atoms with Crippen LogP contribution in [-0.2, 0) is 23.1 Å². The molecule has 1 N–H and O–H groups in total. The quantitative estimate of drug-likeness (QED) is 0.909. The number of sulfonamides is 1. The molecule has 1 aromatic carbocycles. The number of hydrogen-bond acceptors (Lipinski definition) is 3. The number of aliphatic hydroxyl groups is 1. The summed E-state index contributed by atoms with van der Waals surface area (Å²) < 4.78 is 27.4. The van der Waals surface area contributed by atoms with Gasteiger partial charge in [-0.1, -0.05) is 32.4 Å². The molecule has 1 saturated heterocycles. The number of aliphatic hydroxyl groups excluding tert-OH is 1. The van der Waals surface area contributed by atoms with Crippen molar-refractivity contribution in [1.29, 1.82) is 0 Å². The molecule has 1 fully saturated rings. The van der Waals surface area contributed by atoms with Crippen LogP contribution in [0.1, 0.15) is 44.2 Å². The molecule has 2 rings (SSSR count). The van der Waals surface area contributed by atoms with Crippen molar-refractivity contribution in [2.24, 2.45) is 5.92 Å². The lowest BCUT2D eigenvalue weighted by molar-refractivity contribution is 0.268. The second kappa shape index (κ2) is 6.90. The number of rotatable bonds is 5. The molecule has 1 heterocycles. The van der Waals surface area contributed by atoms with E-state index in [-0.39, 0.29) is 6.61 Å². The lowest BCUT2D eigenvalue weighted by Crippen LogP contribution is -2.38. The van der Waals surface area contributed by atoms with Crippen molar-refractivity contribution >= 4 is 10.0 Å². The summed E-state index contributed by atoms with van der Waals surface area (Å²) in [5.74, 6) is 0.644. The van der Waals surface area contributed by atoms with Crippen molar-refractivity contribution in [1.82, 2.24) is 4.31 Å². The first-order chi connectivity index (χ1) is 10.0. The van der Waals surface area contributed by atoms with Gasteiger partial charge in [0.15, 0.2) is 0 Å². The smallest absolute Gasteiger partial charge is 0.243 e. The highest BCUT2D eigenvalue weighted by Crippen LogP contribution is 2.28. The van der Waals surface area contributed by atoms with Crippen LogP contribution in [0.5, 0.6) is 0 Å². The molecule has 1 aliphatic rings. The highest BCUT2D eigenvalue weighted by atomic mass is 32.2. The number of hydrogen-bond donors (Lipinski definition) is 1. The van der Waals surface area contributed by atoms with E-state index in [2.05, 4.69) is 6.92 Å². The Morgan fingerprint density at radius 1 is 1.24 bits per heavy atom. The normalized spacial score (nSPS) is 18.0. The number of benzene rings is 1. The Morgan fingerprint density at radius 3 is 2.43 bits per heavy atom. The minimum atomic E-state index is -3.45. The van der Waals surface area contributed by atoms with Crippen LogP contribution in [0.2, 0.25) is 0 Å². The Labute approximate surface area is 127 Å². The number of piperidine rings is 1. The molecule has 118 valence electrons. The molecule has 0 spiro atoms. The Balaban J connectivity index is 2.31. The van der Waals surface area contributed by atoms with Gasteiger partial charge in [-0.15, -0.1) is 0 Å². The van der Waals surface area contributed by atoms with Gasteiger partial charge in [-0.25, -0.2) is 8.42 Å². The molecule has 1 aliphatic heterocycles. The van der Waals surface area contributed by atoms with Gasteiger partial charge in [0, 0.05) is 13.1 Å². The maximum atomic E-state index is 12.9. The molecule has 1 aromatic rings. The summed E-state index contributed by atoms with van der Waals surface area (Å²) in [5.41, 5.74) is 1.47. The third-order valence-electron chi connectivity index (χ3n) is 4.46. The van der Waals surface area contributed by atoms with Crippen LogP contribution in [-0.4, -0.2) is 30.9 Å². The molecule has 0 bridgehead atoms. The highest BCUT2D eigenvalue weighted by molar-refractivity contribution is 7.89. The second-order valence-corrected chi connectivity index (χ2v) is 7.62. The number of nitrogens with zero attached hydrogens (tertiary/aromatic N) is 1. The predicted molar refractivity (Wildman–Crippen MR) is 83.5 cm³/mol. The van der Waals surface area contributed by atoms with Crippen molar-refractivity contribution in [3.63, 3.8) is 0 Å². The molecule has 0 radical (unpaired) electrons. The second-order valence-electron chi connectivity index (χ2n) is 5.71. The van der Waals surface area contributed by atoms with E-state index in [1.807, 2.05) is 13.0 Å². The van der Waals surface area contributed by atoms with E-state index < -0.39 is 10.0 Å². The van der Waals surface area contributed by atoms with E-state index in [4.69, 9.17) is 0 Å². The first-order valence-corrected chi connectivity index (χ1v) is 9.19. The fourth-order valence-corrected chi connectivity index (χ4v) is 4.74. The molecular weight excluding hydrogens is 286 g/mol. The third-order valence-corrected chi connectivity index (χ3v) is 6.44. The van der Waals surface area contributed by atoms with Gasteiger partial charge in [0.05, 0.1) is 11.5 Å². The van der Waals surface area contributed by atoms with Crippen LogP contribution >= 0.6 is 0 Å². The Bertz CT molecular complexity index is 575. The van der Waals surface area contributed by atoms with E-state index in [0.717, 1.165) is 24.8 Å². The van der Waals surface area contributed by atoms with Crippen molar-refractivity contribution in [2.45, 2.75) is 51.0 Å². The summed E-state index contributed by atoms with van der Waals surface area (Å²) in [7, 11) is -3.45. The van der Waals surface area contributed by atoms with Gasteiger partial charge >= 0.3 is 0 Å². The molecule has 0 unspecified atom stereocenters. The summed E-state index contributed by atoms with van der Waals surface area (Å²) in [6.45, 7) is 5.19. The van der Waals surface area contributed by atoms with Gasteiger partial charge in [-0.2, -0.15) is 4.31 Å².